The van der Waals surface area contributed by atoms with E-state index in [1.165, 1.54) is 58.4 Å². The number of nitrogen functional groups attached to an aromatic ring is 2. The van der Waals surface area contributed by atoms with E-state index in [0.29, 0.717) is 31.2 Å². The summed E-state index contributed by atoms with van der Waals surface area (Å²) in [6, 6.07) is 3.69. The highest BCUT2D eigenvalue weighted by molar-refractivity contribution is 8.18. The van der Waals surface area contributed by atoms with E-state index in [-0.39, 0.29) is 33.3 Å². The molecule has 1 aromatic heterocycles. The van der Waals surface area contributed by atoms with Gasteiger partial charge >= 0.3 is 11.9 Å². The van der Waals surface area contributed by atoms with Crippen LogP contribution in [0.1, 0.15) is 5.56 Å². The van der Waals surface area contributed by atoms with E-state index in [1.807, 2.05) is 0 Å². The number of carboxylic acids is 2. The molecule has 1 aromatic carbocycles. The normalized spacial score (nSPS) is 18.3. The van der Waals surface area contributed by atoms with Crippen LogP contribution in [-0.2, 0) is 19.2 Å². The quantitative estimate of drug-likeness (QED) is 0.0763. The molecule has 0 unspecified atom stereocenters. The van der Waals surface area contributed by atoms with Crippen molar-refractivity contribution < 1.29 is 29.4 Å². The molecule has 18 heteroatoms. The minimum atomic E-state index is -1.24. The second kappa shape index (κ2) is 13.5. The first-order valence-electron chi connectivity index (χ1n) is 11.3. The van der Waals surface area contributed by atoms with Crippen molar-refractivity contribution in [3.05, 3.63) is 50.5 Å². The molecule has 2 amide bonds. The van der Waals surface area contributed by atoms with Crippen molar-refractivity contribution in [3.8, 4) is 0 Å². The number of halogens is 2. The lowest BCUT2D eigenvalue weighted by atomic mass is 10.1. The van der Waals surface area contributed by atoms with E-state index in [4.69, 9.17) is 39.8 Å². The fourth-order valence-electron chi connectivity index (χ4n) is 3.70. The van der Waals surface area contributed by atoms with Gasteiger partial charge in [-0.2, -0.15) is 4.98 Å². The number of rotatable bonds is 11. The monoisotopic (exact) mass is 674 g/mol. The number of aliphatic carboxylic acids is 2. The average molecular weight is 676 g/mol. The summed E-state index contributed by atoms with van der Waals surface area (Å²) in [6.07, 6.45) is 2.24. The fourth-order valence-corrected chi connectivity index (χ4v) is 8.80. The number of nitrogens with two attached hydrogens (primary N) is 2. The van der Waals surface area contributed by atoms with Gasteiger partial charge in [0.1, 0.15) is 28.0 Å². The highest BCUT2D eigenvalue weighted by Gasteiger charge is 2.54. The SMILES string of the molecule is Nc1cc(SCSC2=C(C(=O)O)N3C(=O)[C@@H](NC(=O)CSc4cc(Cl)c(/C=C/C(=O)O)cc4Cl)[C@H]3SC2)nc(N)n1. The maximum Gasteiger partial charge on any atom is 0.353 e. The smallest absolute Gasteiger partial charge is 0.353 e. The first kappa shape index (κ1) is 31.2. The van der Waals surface area contributed by atoms with Crippen molar-refractivity contribution >= 4 is 112 Å². The summed E-state index contributed by atoms with van der Waals surface area (Å²) in [6.45, 7) is 0. The second-order valence-corrected chi connectivity index (χ2v) is 13.6. The Bertz CT molecular complexity index is 1470. The number of hydrogen-bond donors (Lipinski definition) is 5. The molecule has 0 aliphatic carbocycles. The molecule has 41 heavy (non-hydrogen) atoms. The van der Waals surface area contributed by atoms with E-state index in [1.54, 1.807) is 6.07 Å². The van der Waals surface area contributed by atoms with Gasteiger partial charge in [0.2, 0.25) is 11.9 Å². The van der Waals surface area contributed by atoms with Gasteiger partial charge in [-0.1, -0.05) is 35.0 Å². The van der Waals surface area contributed by atoms with Gasteiger partial charge in [-0.15, -0.1) is 35.3 Å². The first-order chi connectivity index (χ1) is 19.4. The van der Waals surface area contributed by atoms with Crippen LogP contribution in [0.4, 0.5) is 11.8 Å². The molecule has 4 rings (SSSR count). The van der Waals surface area contributed by atoms with Gasteiger partial charge < -0.3 is 27.0 Å². The Morgan fingerprint density at radius 3 is 2.56 bits per heavy atom. The van der Waals surface area contributed by atoms with E-state index in [0.717, 1.165) is 17.8 Å². The van der Waals surface area contributed by atoms with Gasteiger partial charge in [0.15, 0.2) is 0 Å². The van der Waals surface area contributed by atoms with E-state index >= 15 is 0 Å². The van der Waals surface area contributed by atoms with Gasteiger partial charge in [0, 0.05) is 37.8 Å². The highest BCUT2D eigenvalue weighted by Crippen LogP contribution is 2.44. The van der Waals surface area contributed by atoms with Crippen LogP contribution in [0, 0.1) is 0 Å². The van der Waals surface area contributed by atoms with Crippen LogP contribution in [0.15, 0.2) is 44.8 Å². The number of aromatic nitrogens is 2. The number of nitrogens with zero attached hydrogens (tertiary/aromatic N) is 3. The summed E-state index contributed by atoms with van der Waals surface area (Å²) in [5.74, 6) is -2.83. The van der Waals surface area contributed by atoms with Gasteiger partial charge in [0.25, 0.3) is 5.91 Å². The Labute approximate surface area is 260 Å². The molecule has 2 atom stereocenters. The van der Waals surface area contributed by atoms with Crippen molar-refractivity contribution in [2.24, 2.45) is 0 Å². The van der Waals surface area contributed by atoms with Crippen molar-refractivity contribution in [3.63, 3.8) is 0 Å². The highest BCUT2D eigenvalue weighted by atomic mass is 35.5. The molecule has 7 N–H and O–H groups in total. The number of fused-ring (bicyclic) bond motifs is 1. The van der Waals surface area contributed by atoms with Crippen molar-refractivity contribution in [2.45, 2.75) is 21.3 Å². The molecule has 2 aliphatic heterocycles. The molecular weight excluding hydrogens is 655 g/mol. The third-order valence-electron chi connectivity index (χ3n) is 5.45. The molecule has 0 radical (unpaired) electrons. The average Bonchev–Trinajstić information content (AvgIpc) is 2.90. The molecule has 216 valence electrons. The number of amides is 2. The zero-order valence-corrected chi connectivity index (χ0v) is 25.4. The van der Waals surface area contributed by atoms with Gasteiger partial charge in [0.05, 0.1) is 10.8 Å². The molecule has 12 nitrogen and oxygen atoms in total. The van der Waals surface area contributed by atoms with Crippen LogP contribution >= 0.6 is 70.2 Å². The zero-order chi connectivity index (χ0) is 29.8. The summed E-state index contributed by atoms with van der Waals surface area (Å²) in [5, 5.41) is 22.2. The molecule has 1 saturated heterocycles. The molecule has 0 saturated carbocycles. The lowest BCUT2D eigenvalue weighted by molar-refractivity contribution is -0.150. The molecule has 0 spiro atoms. The summed E-state index contributed by atoms with van der Waals surface area (Å²) in [7, 11) is 0. The number of nitrogens with one attached hydrogen (secondary N) is 1. The van der Waals surface area contributed by atoms with Crippen LogP contribution in [0.3, 0.4) is 0 Å². The van der Waals surface area contributed by atoms with Crippen molar-refractivity contribution in [1.82, 2.24) is 20.2 Å². The maximum atomic E-state index is 12.9. The first-order valence-corrected chi connectivity index (χ1v) is 16.1. The minimum absolute atomic E-state index is 0.0341. The summed E-state index contributed by atoms with van der Waals surface area (Å²) < 4.78 is 0. The third-order valence-corrected chi connectivity index (χ3v) is 10.9. The van der Waals surface area contributed by atoms with Crippen LogP contribution < -0.4 is 16.8 Å². The van der Waals surface area contributed by atoms with Crippen LogP contribution in [0.25, 0.3) is 6.08 Å². The van der Waals surface area contributed by atoms with Crippen molar-refractivity contribution in [1.29, 1.82) is 0 Å². The lowest BCUT2D eigenvalue weighted by Gasteiger charge is -2.49. The molecule has 1 fully saturated rings. The maximum absolute atomic E-state index is 12.9. The van der Waals surface area contributed by atoms with Crippen LogP contribution in [0.5, 0.6) is 0 Å². The number of carbonyl (C=O) groups excluding carboxylic acids is 2. The minimum Gasteiger partial charge on any atom is -0.478 e. The third kappa shape index (κ3) is 7.55. The predicted molar refractivity (Wildman–Crippen MR) is 163 cm³/mol. The molecular formula is C23H20Cl2N6O6S4. The molecule has 3 heterocycles. The number of carbonyl (C=O) groups is 4. The molecule has 0 bridgehead atoms. The van der Waals surface area contributed by atoms with E-state index in [9.17, 15) is 24.3 Å². The number of benzene rings is 1. The Morgan fingerprint density at radius 2 is 1.88 bits per heavy atom. The van der Waals surface area contributed by atoms with Crippen LogP contribution in [-0.4, -0.2) is 76.8 Å². The Hall–Kier alpha value is -2.76. The predicted octanol–water partition coefficient (Wildman–Crippen LogP) is 3.32. The van der Waals surface area contributed by atoms with E-state index in [2.05, 4.69) is 15.3 Å². The van der Waals surface area contributed by atoms with Crippen LogP contribution in [0.2, 0.25) is 10.0 Å². The standard InChI is InChI=1S/C23H20Cl2N6O6S4/c24-10-4-12(11(25)3-9(10)1-2-17(33)34)38-7-15(32)29-18-20(35)31-19(22(36)37)13(6-39-21(18)31)40-8-41-16-5-14(26)28-23(27)30-16/h1-5,18,21H,6-8H2,(H,29,32)(H,33,34)(H,36,37)(H4,26,27,28,30)/b2-1+/t18-,21-/m1/s1. The zero-order valence-electron chi connectivity index (χ0n) is 20.6. The topological polar surface area (TPSA) is 202 Å². The fraction of sp³-hybridized carbons (Fsp3) is 0.217. The molecule has 2 aromatic rings. The Balaban J connectivity index is 1.35. The summed E-state index contributed by atoms with van der Waals surface area (Å²) in [5.41, 5.74) is 11.6. The van der Waals surface area contributed by atoms with Crippen molar-refractivity contribution in [2.75, 3.05) is 28.1 Å². The Kier molecular flexibility index (Phi) is 10.3. The van der Waals surface area contributed by atoms with Gasteiger partial charge in [-0.3, -0.25) is 14.5 Å². The molecule has 2 aliphatic rings. The lowest BCUT2D eigenvalue weighted by Crippen LogP contribution is -2.70. The number of hydrogen-bond acceptors (Lipinski definition) is 12. The van der Waals surface area contributed by atoms with Gasteiger partial charge in [-0.05, 0) is 23.8 Å². The van der Waals surface area contributed by atoms with Gasteiger partial charge in [-0.25, -0.2) is 14.6 Å². The largest absolute Gasteiger partial charge is 0.478 e. The van der Waals surface area contributed by atoms with E-state index < -0.39 is 35.2 Å². The number of thioether (sulfide) groups is 4. The number of anilines is 2. The Morgan fingerprint density at radius 1 is 1.12 bits per heavy atom. The second-order valence-electron chi connectivity index (χ2n) is 8.19. The summed E-state index contributed by atoms with van der Waals surface area (Å²) >= 11 is 17.5. The number of β-lactam (4-membered cyclic amide) rings is 1. The number of carboxylic acid groups (broad SMARTS) is 2. The summed E-state index contributed by atoms with van der Waals surface area (Å²) in [4.78, 5) is 58.5.